The fourth-order valence-electron chi connectivity index (χ4n) is 1.50. The molecule has 0 radical (unpaired) electrons. The van der Waals surface area contributed by atoms with Gasteiger partial charge in [-0.05, 0) is 29.7 Å². The maximum Gasteiger partial charge on any atom is 0.387 e. The Labute approximate surface area is 113 Å². The van der Waals surface area contributed by atoms with Crippen molar-refractivity contribution in [1.29, 1.82) is 0 Å². The summed E-state index contributed by atoms with van der Waals surface area (Å²) in [5, 5.41) is 17.1. The second-order valence-electron chi connectivity index (χ2n) is 3.81. The molecule has 5 nitrogen and oxygen atoms in total. The number of ether oxygens (including phenoxy) is 1. The number of rotatable bonds is 7. The van der Waals surface area contributed by atoms with Crippen molar-refractivity contribution in [2.45, 2.75) is 19.5 Å². The van der Waals surface area contributed by atoms with Crippen molar-refractivity contribution in [1.82, 2.24) is 0 Å². The molecule has 0 aromatic heterocycles. The molecule has 2 N–H and O–H groups in total. The lowest BCUT2D eigenvalue weighted by Crippen LogP contribution is -2.06. The highest BCUT2D eigenvalue weighted by atomic mass is 19.3. The molecule has 0 aliphatic heterocycles. The molecule has 0 aliphatic rings. The van der Waals surface area contributed by atoms with Crippen molar-refractivity contribution in [3.05, 3.63) is 35.4 Å². The Kier molecular flexibility index (Phi) is 5.64. The Balaban J connectivity index is 2.99. The van der Waals surface area contributed by atoms with Crippen molar-refractivity contribution in [2.24, 2.45) is 0 Å². The average molecular weight is 286 g/mol. The van der Waals surface area contributed by atoms with E-state index in [1.54, 1.807) is 0 Å². The highest BCUT2D eigenvalue weighted by Crippen LogP contribution is 2.24. The van der Waals surface area contributed by atoms with Crippen LogP contribution in [0, 0.1) is 0 Å². The van der Waals surface area contributed by atoms with Crippen LogP contribution in [0.5, 0.6) is 5.75 Å². The smallest absolute Gasteiger partial charge is 0.387 e. The first-order chi connectivity index (χ1) is 9.38. The van der Waals surface area contributed by atoms with Gasteiger partial charge in [0.15, 0.2) is 0 Å². The van der Waals surface area contributed by atoms with Crippen molar-refractivity contribution in [3.8, 4) is 5.75 Å². The molecule has 108 valence electrons. The average Bonchev–Trinajstić information content (AvgIpc) is 2.34. The number of aliphatic carboxylic acids is 2. The van der Waals surface area contributed by atoms with Gasteiger partial charge >= 0.3 is 18.6 Å². The number of carboxylic acids is 2. The van der Waals surface area contributed by atoms with Crippen LogP contribution < -0.4 is 4.74 Å². The third-order valence-corrected chi connectivity index (χ3v) is 2.33. The van der Waals surface area contributed by atoms with E-state index >= 15 is 0 Å². The third-order valence-electron chi connectivity index (χ3n) is 2.33. The van der Waals surface area contributed by atoms with E-state index in [0.29, 0.717) is 11.1 Å². The van der Waals surface area contributed by atoms with E-state index in [4.69, 9.17) is 10.2 Å². The van der Waals surface area contributed by atoms with E-state index < -0.39 is 18.6 Å². The molecule has 0 aliphatic carbocycles. The zero-order valence-corrected chi connectivity index (χ0v) is 10.3. The Hall–Kier alpha value is -2.44. The highest BCUT2D eigenvalue weighted by molar-refractivity contribution is 5.85. The first-order valence-electron chi connectivity index (χ1n) is 5.59. The molecule has 0 bridgehead atoms. The fraction of sp³-hybridized carbons (Fsp3) is 0.231. The summed E-state index contributed by atoms with van der Waals surface area (Å²) in [5.41, 5.74) is 0.683. The molecule has 0 amide bonds. The van der Waals surface area contributed by atoms with Crippen molar-refractivity contribution in [2.75, 3.05) is 0 Å². The first-order valence-corrected chi connectivity index (χ1v) is 5.59. The number of hydrogen-bond donors (Lipinski definition) is 2. The van der Waals surface area contributed by atoms with E-state index in [0.717, 1.165) is 6.08 Å². The molecule has 0 fully saturated rings. The third kappa shape index (κ3) is 5.47. The minimum Gasteiger partial charge on any atom is -0.481 e. The Bertz CT molecular complexity index is 525. The maximum atomic E-state index is 12.3. The molecule has 0 saturated carbocycles. The summed E-state index contributed by atoms with van der Waals surface area (Å²) in [6.45, 7) is -3.04. The number of carbonyl (C=O) groups is 2. The summed E-state index contributed by atoms with van der Waals surface area (Å²) in [4.78, 5) is 20.9. The molecule has 0 heterocycles. The van der Waals surface area contributed by atoms with Crippen LogP contribution in [0.4, 0.5) is 8.78 Å². The van der Waals surface area contributed by atoms with E-state index in [1.165, 1.54) is 24.3 Å². The second kappa shape index (κ2) is 7.22. The summed E-state index contributed by atoms with van der Waals surface area (Å²) < 4.78 is 28.9. The zero-order chi connectivity index (χ0) is 15.1. The van der Waals surface area contributed by atoms with E-state index in [9.17, 15) is 18.4 Å². The monoisotopic (exact) mass is 286 g/mol. The van der Waals surface area contributed by atoms with Crippen LogP contribution in [0.25, 0.3) is 6.08 Å². The quantitative estimate of drug-likeness (QED) is 0.752. The SMILES string of the molecule is O=C(O)/C=C/c1ccc(CCC(=O)O)c(OC(F)F)c1. The topological polar surface area (TPSA) is 83.8 Å². The molecule has 7 heteroatoms. The standard InChI is InChI=1S/C13H12F2O5/c14-13(15)20-10-7-8(2-5-11(16)17)1-3-9(10)4-6-12(18)19/h1-3,5,7,13H,4,6H2,(H,16,17)(H,18,19)/b5-2+. The van der Waals surface area contributed by atoms with E-state index in [-0.39, 0.29) is 18.6 Å². The van der Waals surface area contributed by atoms with Crippen LogP contribution in [-0.4, -0.2) is 28.8 Å². The minimum absolute atomic E-state index is 0.0420. The van der Waals surface area contributed by atoms with E-state index in [1.807, 2.05) is 0 Å². The van der Waals surface area contributed by atoms with Gasteiger partial charge in [-0.2, -0.15) is 8.78 Å². The predicted octanol–water partition coefficient (Wildman–Crippen LogP) is 2.40. The van der Waals surface area contributed by atoms with Gasteiger partial charge in [0, 0.05) is 12.5 Å². The Morgan fingerprint density at radius 3 is 2.55 bits per heavy atom. The molecule has 0 unspecified atom stereocenters. The van der Waals surface area contributed by atoms with Crippen molar-refractivity contribution < 1.29 is 33.3 Å². The van der Waals surface area contributed by atoms with Crippen LogP contribution in [0.15, 0.2) is 24.3 Å². The van der Waals surface area contributed by atoms with Gasteiger partial charge in [-0.1, -0.05) is 12.1 Å². The highest BCUT2D eigenvalue weighted by Gasteiger charge is 2.11. The Morgan fingerprint density at radius 1 is 1.30 bits per heavy atom. The van der Waals surface area contributed by atoms with Crippen LogP contribution in [-0.2, 0) is 16.0 Å². The molecule has 0 spiro atoms. The number of alkyl halides is 2. The van der Waals surface area contributed by atoms with Gasteiger partial charge in [0.2, 0.25) is 0 Å². The fourth-order valence-corrected chi connectivity index (χ4v) is 1.50. The van der Waals surface area contributed by atoms with Crippen LogP contribution in [0.1, 0.15) is 17.5 Å². The summed E-state index contributed by atoms with van der Waals surface area (Å²) >= 11 is 0. The first kappa shape index (κ1) is 15.6. The molecule has 0 atom stereocenters. The van der Waals surface area contributed by atoms with Crippen LogP contribution in [0.3, 0.4) is 0 Å². The van der Waals surface area contributed by atoms with Gasteiger partial charge < -0.3 is 14.9 Å². The maximum absolute atomic E-state index is 12.3. The molecular weight excluding hydrogens is 274 g/mol. The number of halogens is 2. The molecule has 1 aromatic rings. The van der Waals surface area contributed by atoms with Crippen molar-refractivity contribution in [3.63, 3.8) is 0 Å². The van der Waals surface area contributed by atoms with Crippen molar-refractivity contribution >= 4 is 18.0 Å². The number of aryl methyl sites for hydroxylation is 1. The van der Waals surface area contributed by atoms with Gasteiger partial charge in [0.1, 0.15) is 5.75 Å². The lowest BCUT2D eigenvalue weighted by Gasteiger charge is -2.11. The molecule has 1 aromatic carbocycles. The lowest BCUT2D eigenvalue weighted by molar-refractivity contribution is -0.137. The van der Waals surface area contributed by atoms with Crippen LogP contribution >= 0.6 is 0 Å². The summed E-state index contributed by atoms with van der Waals surface area (Å²) in [7, 11) is 0. The summed E-state index contributed by atoms with van der Waals surface area (Å²) in [6, 6.07) is 4.17. The minimum atomic E-state index is -3.04. The molecular formula is C13H12F2O5. The van der Waals surface area contributed by atoms with Gasteiger partial charge in [-0.25, -0.2) is 4.79 Å². The predicted molar refractivity (Wildman–Crippen MR) is 65.7 cm³/mol. The summed E-state index contributed by atoms with van der Waals surface area (Å²) in [6.07, 6.45) is 1.91. The van der Waals surface area contributed by atoms with Gasteiger partial charge in [-0.3, -0.25) is 4.79 Å². The van der Waals surface area contributed by atoms with E-state index in [2.05, 4.69) is 4.74 Å². The molecule has 0 saturated heterocycles. The number of hydrogen-bond acceptors (Lipinski definition) is 3. The molecule has 1 rings (SSSR count). The summed E-state index contributed by atoms with van der Waals surface area (Å²) in [5.74, 6) is -2.38. The zero-order valence-electron chi connectivity index (χ0n) is 10.3. The molecule has 20 heavy (non-hydrogen) atoms. The largest absolute Gasteiger partial charge is 0.481 e. The second-order valence-corrected chi connectivity index (χ2v) is 3.81. The lowest BCUT2D eigenvalue weighted by atomic mass is 10.1. The van der Waals surface area contributed by atoms with Gasteiger partial charge in [0.05, 0.1) is 0 Å². The normalized spacial score (nSPS) is 10.9. The van der Waals surface area contributed by atoms with Gasteiger partial charge in [-0.15, -0.1) is 0 Å². The number of benzene rings is 1. The number of carboxylic acid groups (broad SMARTS) is 2. The Morgan fingerprint density at radius 2 is 2.00 bits per heavy atom. The van der Waals surface area contributed by atoms with Gasteiger partial charge in [0.25, 0.3) is 0 Å². The van der Waals surface area contributed by atoms with Crippen LogP contribution in [0.2, 0.25) is 0 Å².